The van der Waals surface area contributed by atoms with E-state index < -0.39 is 161 Å². The lowest BCUT2D eigenvalue weighted by Crippen LogP contribution is -2.65. The summed E-state index contributed by atoms with van der Waals surface area (Å²) in [6.07, 6.45) is -0.198. The number of nitrogens with zero attached hydrogens (tertiary/aromatic N) is 6. The number of carbonyl (C=O) groups excluding carboxylic acids is 10. The molecule has 22 nitrogen and oxygen atoms in total. The van der Waals surface area contributed by atoms with E-state index in [2.05, 4.69) is 16.0 Å². The number of esters is 1. The number of benzene rings is 2. The van der Waals surface area contributed by atoms with Gasteiger partial charge in [0.25, 0.3) is 5.91 Å². The van der Waals surface area contributed by atoms with Crippen molar-refractivity contribution in [2.75, 3.05) is 48.4 Å². The Kier molecular flexibility index (Phi) is 27.2. The molecule has 0 radical (unpaired) electrons. The highest BCUT2D eigenvalue weighted by Crippen LogP contribution is 2.28. The third-order valence-electron chi connectivity index (χ3n) is 17.7. The molecule has 0 spiro atoms. The van der Waals surface area contributed by atoms with E-state index in [-0.39, 0.29) is 38.1 Å². The van der Waals surface area contributed by atoms with Crippen LogP contribution in [0.1, 0.15) is 133 Å². The first kappa shape index (κ1) is 73.5. The number of likely N-dealkylation sites (N-methyl/N-ethyl adjacent to an activating group) is 5. The Hall–Kier alpha value is -6.94. The van der Waals surface area contributed by atoms with Crippen LogP contribution in [0.4, 0.5) is 0 Å². The van der Waals surface area contributed by atoms with Crippen molar-refractivity contribution in [3.8, 4) is 0 Å². The predicted octanol–water partition coefficient (Wildman–Crippen LogP) is 3.83. The predicted molar refractivity (Wildman–Crippen MR) is 334 cm³/mol. The fraction of sp³-hybridized carbons (Fsp3) is 0.667. The Balaban J connectivity index is 2.01. The molecule has 0 aromatic heterocycles. The van der Waals surface area contributed by atoms with Gasteiger partial charge in [0.05, 0.1) is 5.60 Å². The van der Waals surface area contributed by atoms with Gasteiger partial charge in [0.1, 0.15) is 54.4 Å². The van der Waals surface area contributed by atoms with E-state index in [1.807, 2.05) is 39.0 Å². The zero-order valence-electron chi connectivity index (χ0n) is 55.4. The van der Waals surface area contributed by atoms with Crippen LogP contribution in [0.15, 0.2) is 60.7 Å². The van der Waals surface area contributed by atoms with E-state index in [4.69, 9.17) is 4.74 Å². The summed E-state index contributed by atoms with van der Waals surface area (Å²) in [7, 11) is 6.84. The van der Waals surface area contributed by atoms with Crippen LogP contribution in [0.25, 0.3) is 0 Å². The molecule has 2 saturated heterocycles. The van der Waals surface area contributed by atoms with Gasteiger partial charge in [0, 0.05) is 73.1 Å². The molecule has 4 rings (SSSR count). The zero-order valence-corrected chi connectivity index (χ0v) is 55.4. The molecule has 2 fully saturated rings. The second kappa shape index (κ2) is 32.5. The molecular formula is C66H103N9O13. The topological polar surface area (TPSA) is 276 Å². The molecule has 9 amide bonds. The third kappa shape index (κ3) is 18.1. The summed E-state index contributed by atoms with van der Waals surface area (Å²) in [6, 6.07) is 5.98. The second-order valence-electron chi connectivity index (χ2n) is 26.2. The number of hydrogen-bond acceptors (Lipinski definition) is 13. The van der Waals surface area contributed by atoms with Gasteiger partial charge in [-0.2, -0.15) is 0 Å². The lowest BCUT2D eigenvalue weighted by molar-refractivity contribution is -0.174. The van der Waals surface area contributed by atoms with Gasteiger partial charge in [-0.15, -0.1) is 0 Å². The molecule has 2 aromatic rings. The first-order valence-electron chi connectivity index (χ1n) is 31.3. The van der Waals surface area contributed by atoms with E-state index >= 15 is 28.8 Å². The molecular weight excluding hydrogens is 1130 g/mol. The Labute approximate surface area is 522 Å². The molecule has 2 aliphatic heterocycles. The van der Waals surface area contributed by atoms with Gasteiger partial charge in [-0.05, 0) is 74.3 Å². The fourth-order valence-electron chi connectivity index (χ4n) is 12.2. The van der Waals surface area contributed by atoms with Crippen LogP contribution >= 0.6 is 0 Å². The minimum atomic E-state index is -2.02. The maximum Gasteiger partial charge on any atom is 0.330 e. The van der Waals surface area contributed by atoms with Crippen molar-refractivity contribution in [2.24, 2.45) is 35.5 Å². The van der Waals surface area contributed by atoms with Gasteiger partial charge < -0.3 is 60.3 Å². The number of hydrogen-bond donors (Lipinski definition) is 5. The lowest BCUT2D eigenvalue weighted by Gasteiger charge is -2.42. The summed E-state index contributed by atoms with van der Waals surface area (Å²) in [4.78, 5) is 158. The zero-order chi connectivity index (χ0) is 66.4. The van der Waals surface area contributed by atoms with Crippen molar-refractivity contribution in [1.82, 2.24) is 45.3 Å². The minimum Gasteiger partial charge on any atom is -0.450 e. The Morgan fingerprint density at radius 3 is 1.50 bits per heavy atom. The molecule has 2 heterocycles. The number of cyclic esters (lactones) is 1. The summed E-state index contributed by atoms with van der Waals surface area (Å²) in [5, 5.41) is 31.3. The number of aliphatic hydroxyl groups is 2. The third-order valence-corrected chi connectivity index (χ3v) is 17.7. The van der Waals surface area contributed by atoms with E-state index in [9.17, 15) is 29.4 Å². The average Bonchev–Trinajstić information content (AvgIpc) is 1.65. The maximum atomic E-state index is 15.4. The van der Waals surface area contributed by atoms with Gasteiger partial charge in [-0.1, -0.05) is 143 Å². The lowest BCUT2D eigenvalue weighted by atomic mass is 9.92. The molecule has 2 aliphatic rings. The summed E-state index contributed by atoms with van der Waals surface area (Å²) < 4.78 is 6.14. The number of fused-ring (bicyclic) bond motifs is 1. The van der Waals surface area contributed by atoms with Crippen LogP contribution in [-0.2, 0) is 65.5 Å². The maximum absolute atomic E-state index is 15.4. The van der Waals surface area contributed by atoms with Gasteiger partial charge in [0.2, 0.25) is 47.3 Å². The Morgan fingerprint density at radius 1 is 0.545 bits per heavy atom. The van der Waals surface area contributed by atoms with Crippen LogP contribution in [0.2, 0.25) is 0 Å². The monoisotopic (exact) mass is 1230 g/mol. The van der Waals surface area contributed by atoms with Crippen molar-refractivity contribution in [1.29, 1.82) is 0 Å². The Morgan fingerprint density at radius 2 is 1.02 bits per heavy atom. The van der Waals surface area contributed by atoms with Crippen molar-refractivity contribution >= 4 is 59.1 Å². The SMILES string of the molecule is CC[C@@H](C)[C@@H]1NC(=O)[C@@H]2CCCN2C(=O)[C@H](Cc2ccccc2)N(C)C(=O)[C@H](Cc2ccccc2)NC(=O)[C@H](C(C)C)N(C)C(=O)[C@@H]([C@H](C)CC)OC(=O)[C@H](C(C)CO)N(C)C(=O)[C@H](C(C)(C)O)N(C)C(=O)[C@H](CC(C)C)NC(=O)[C@H](C(C)C)N(C)C1=O. The van der Waals surface area contributed by atoms with Crippen LogP contribution in [0, 0.1) is 35.5 Å². The van der Waals surface area contributed by atoms with Crippen LogP contribution in [0.5, 0.6) is 0 Å². The smallest absolute Gasteiger partial charge is 0.330 e. The normalized spacial score (nSPS) is 26.7. The first-order valence-corrected chi connectivity index (χ1v) is 31.3. The number of amides is 9. The number of nitrogens with one attached hydrogen (secondary N) is 3. The van der Waals surface area contributed by atoms with Gasteiger partial charge in [-0.25, -0.2) is 4.79 Å². The van der Waals surface area contributed by atoms with Crippen LogP contribution < -0.4 is 16.0 Å². The number of aliphatic hydroxyl groups excluding tert-OH is 1. The van der Waals surface area contributed by atoms with E-state index in [1.165, 1.54) is 70.7 Å². The van der Waals surface area contributed by atoms with Gasteiger partial charge in [0.15, 0.2) is 6.10 Å². The molecule has 22 heteroatoms. The van der Waals surface area contributed by atoms with Crippen molar-refractivity contribution in [3.63, 3.8) is 0 Å². The van der Waals surface area contributed by atoms with E-state index in [1.54, 1.807) is 90.9 Å². The summed E-state index contributed by atoms with van der Waals surface area (Å²) in [5.74, 6) is -11.1. The highest BCUT2D eigenvalue weighted by atomic mass is 16.6. The molecule has 0 aliphatic carbocycles. The van der Waals surface area contributed by atoms with Crippen molar-refractivity contribution in [3.05, 3.63) is 71.8 Å². The highest BCUT2D eigenvalue weighted by molar-refractivity contribution is 5.99. The van der Waals surface area contributed by atoms with Crippen LogP contribution in [-0.4, -0.2) is 213 Å². The molecule has 5 N–H and O–H groups in total. The van der Waals surface area contributed by atoms with E-state index in [0.717, 1.165) is 14.7 Å². The summed E-state index contributed by atoms with van der Waals surface area (Å²) >= 11 is 0. The molecule has 2 aromatic carbocycles. The standard InChI is InChI=1S/C66H103N9O13/c1-19-41(9)50-62(83)71(15)51(39(5)6)57(78)67-46(34-38(3)4)60(81)74(18)55(66(12,13)87)64(85)73(17)53(43(11)37-76)65(86)88-54(42(10)20-2)63(84)72(16)52(40(7)8)58(79)68-47(35-44-28-23-21-24-29-44)59(80)70(14)49(36-45-30-25-22-26-31-45)61(82)75-33-27-32-48(75)56(77)69-50/h21-26,28-31,38-43,46-55,76,87H,19-20,27,32-37H2,1-18H3,(H,67,78)(H,68,79)(H,69,77)/t41-,42-,43?,46+,47+,48+,49+,50+,51+,52+,53+,54-,55-/m1/s1. The van der Waals surface area contributed by atoms with Gasteiger partial charge >= 0.3 is 5.97 Å². The van der Waals surface area contributed by atoms with Gasteiger partial charge in [-0.3, -0.25) is 43.2 Å². The highest BCUT2D eigenvalue weighted by Gasteiger charge is 2.49. The molecule has 13 atom stereocenters. The van der Waals surface area contributed by atoms with Crippen molar-refractivity contribution < 1.29 is 62.9 Å². The molecule has 0 saturated carbocycles. The van der Waals surface area contributed by atoms with Crippen molar-refractivity contribution in [2.45, 2.75) is 201 Å². The second-order valence-corrected chi connectivity index (χ2v) is 26.2. The largest absolute Gasteiger partial charge is 0.450 e. The quantitative estimate of drug-likeness (QED) is 0.159. The average molecular weight is 1230 g/mol. The van der Waals surface area contributed by atoms with E-state index in [0.29, 0.717) is 30.4 Å². The minimum absolute atomic E-state index is 0.0135. The Bertz CT molecular complexity index is 2720. The summed E-state index contributed by atoms with van der Waals surface area (Å²) in [6.45, 7) is 21.2. The number of ether oxygens (including phenoxy) is 1. The first-order chi connectivity index (χ1) is 41.2. The number of rotatable bonds is 15. The molecule has 490 valence electrons. The molecule has 88 heavy (non-hydrogen) atoms. The number of carbonyl (C=O) groups is 10. The summed E-state index contributed by atoms with van der Waals surface area (Å²) in [5.41, 5.74) is -0.651. The fourth-order valence-corrected chi connectivity index (χ4v) is 12.2. The molecule has 1 unspecified atom stereocenters. The molecule has 0 bridgehead atoms. The van der Waals surface area contributed by atoms with Crippen LogP contribution in [0.3, 0.4) is 0 Å².